The van der Waals surface area contributed by atoms with E-state index in [0.29, 0.717) is 5.38 Å². The molecule has 0 saturated heterocycles. The predicted molar refractivity (Wildman–Crippen MR) is 70.7 cm³/mol. The van der Waals surface area contributed by atoms with E-state index in [1.54, 1.807) is 11.3 Å². The summed E-state index contributed by atoms with van der Waals surface area (Å²) in [6.45, 7) is 2.10. The molecular formula is C11H15BrClNS. The maximum absolute atomic E-state index is 6.07. The van der Waals surface area contributed by atoms with E-state index in [-0.39, 0.29) is 0 Å². The van der Waals surface area contributed by atoms with Gasteiger partial charge in [-0.15, -0.1) is 22.9 Å². The van der Waals surface area contributed by atoms with Gasteiger partial charge in [-0.05, 0) is 53.7 Å². The predicted octanol–water partition coefficient (Wildman–Crippen LogP) is 4.01. The highest BCUT2D eigenvalue weighted by Crippen LogP contribution is 2.28. The molecule has 0 spiro atoms. The fourth-order valence-electron chi connectivity index (χ4n) is 2.05. The van der Waals surface area contributed by atoms with Gasteiger partial charge >= 0.3 is 0 Å². The smallest absolute Gasteiger partial charge is 0.0339 e. The minimum absolute atomic E-state index is 0.424. The summed E-state index contributed by atoms with van der Waals surface area (Å²) in [4.78, 5) is 1.39. The highest BCUT2D eigenvalue weighted by molar-refractivity contribution is 9.10. The first-order chi connectivity index (χ1) is 7.24. The van der Waals surface area contributed by atoms with E-state index in [0.717, 1.165) is 19.0 Å². The Morgan fingerprint density at radius 1 is 1.53 bits per heavy atom. The average molecular weight is 309 g/mol. The third kappa shape index (κ3) is 3.74. The van der Waals surface area contributed by atoms with Crippen molar-refractivity contribution in [2.45, 2.75) is 31.2 Å². The van der Waals surface area contributed by atoms with Crippen LogP contribution in [-0.2, 0) is 6.54 Å². The van der Waals surface area contributed by atoms with Gasteiger partial charge in [-0.25, -0.2) is 0 Å². The van der Waals surface area contributed by atoms with Crippen molar-refractivity contribution in [1.29, 1.82) is 0 Å². The molecule has 0 radical (unpaired) electrons. The molecule has 4 heteroatoms. The van der Waals surface area contributed by atoms with Gasteiger partial charge in [-0.2, -0.15) is 0 Å². The number of nitrogens with one attached hydrogen (secondary N) is 1. The Balaban J connectivity index is 1.67. The maximum Gasteiger partial charge on any atom is 0.0339 e. The fourth-order valence-corrected chi connectivity index (χ4v) is 3.84. The van der Waals surface area contributed by atoms with E-state index >= 15 is 0 Å². The number of alkyl halides is 1. The third-order valence-corrected chi connectivity index (χ3v) is 4.93. The summed E-state index contributed by atoms with van der Waals surface area (Å²) in [5.41, 5.74) is 0. The highest BCUT2D eigenvalue weighted by atomic mass is 79.9. The molecule has 0 aliphatic heterocycles. The van der Waals surface area contributed by atoms with E-state index in [9.17, 15) is 0 Å². The first-order valence-corrected chi connectivity index (χ1v) is 7.42. The average Bonchev–Trinajstić information content (AvgIpc) is 2.76. The molecule has 1 saturated carbocycles. The summed E-state index contributed by atoms with van der Waals surface area (Å²) in [7, 11) is 0. The van der Waals surface area contributed by atoms with Crippen LogP contribution < -0.4 is 5.32 Å². The van der Waals surface area contributed by atoms with Crippen molar-refractivity contribution < 1.29 is 0 Å². The quantitative estimate of drug-likeness (QED) is 0.829. The fraction of sp³-hybridized carbons (Fsp3) is 0.636. The van der Waals surface area contributed by atoms with Crippen molar-refractivity contribution in [2.24, 2.45) is 5.92 Å². The summed E-state index contributed by atoms with van der Waals surface area (Å²) < 4.78 is 1.19. The number of hydrogen-bond acceptors (Lipinski definition) is 2. The van der Waals surface area contributed by atoms with Crippen LogP contribution in [0.2, 0.25) is 0 Å². The van der Waals surface area contributed by atoms with Crippen LogP contribution in [0.3, 0.4) is 0 Å². The lowest BCUT2D eigenvalue weighted by Crippen LogP contribution is -2.20. The lowest BCUT2D eigenvalue weighted by Gasteiger charge is -2.09. The Hall–Kier alpha value is 0.430. The SMILES string of the molecule is ClC1CCC(CNCc2cc(Br)cs2)C1. The van der Waals surface area contributed by atoms with E-state index in [1.807, 2.05) is 0 Å². The van der Waals surface area contributed by atoms with Crippen LogP contribution in [0, 0.1) is 5.92 Å². The van der Waals surface area contributed by atoms with Gasteiger partial charge in [0.1, 0.15) is 0 Å². The molecule has 15 heavy (non-hydrogen) atoms. The van der Waals surface area contributed by atoms with E-state index < -0.39 is 0 Å². The zero-order valence-corrected chi connectivity index (χ0v) is 11.7. The minimum atomic E-state index is 0.424. The normalized spacial score (nSPS) is 26.0. The molecule has 84 valence electrons. The van der Waals surface area contributed by atoms with Crippen LogP contribution in [0.1, 0.15) is 24.1 Å². The molecule has 1 aromatic rings. The van der Waals surface area contributed by atoms with Crippen LogP contribution in [0.4, 0.5) is 0 Å². The molecule has 1 aliphatic rings. The topological polar surface area (TPSA) is 12.0 Å². The first-order valence-electron chi connectivity index (χ1n) is 5.31. The number of hydrogen-bond donors (Lipinski definition) is 1. The van der Waals surface area contributed by atoms with Gasteiger partial charge in [-0.3, -0.25) is 0 Å². The minimum Gasteiger partial charge on any atom is -0.312 e. The third-order valence-electron chi connectivity index (χ3n) is 2.83. The van der Waals surface area contributed by atoms with Crippen LogP contribution in [0.25, 0.3) is 0 Å². The lowest BCUT2D eigenvalue weighted by molar-refractivity contribution is 0.491. The Kier molecular flexibility index (Phi) is 4.50. The van der Waals surface area contributed by atoms with Gasteiger partial charge in [0, 0.05) is 26.7 Å². The van der Waals surface area contributed by atoms with Crippen molar-refractivity contribution in [3.05, 3.63) is 20.8 Å². The van der Waals surface area contributed by atoms with E-state index in [2.05, 4.69) is 32.7 Å². The van der Waals surface area contributed by atoms with Crippen molar-refractivity contribution >= 4 is 38.9 Å². The van der Waals surface area contributed by atoms with Crippen molar-refractivity contribution in [3.63, 3.8) is 0 Å². The van der Waals surface area contributed by atoms with Crippen molar-refractivity contribution in [1.82, 2.24) is 5.32 Å². The number of rotatable bonds is 4. The number of halogens is 2. The zero-order chi connectivity index (χ0) is 10.7. The second-order valence-electron chi connectivity index (χ2n) is 4.14. The molecular weight excluding hydrogens is 294 g/mol. The second kappa shape index (κ2) is 5.67. The van der Waals surface area contributed by atoms with Crippen LogP contribution in [0.5, 0.6) is 0 Å². The molecule has 1 fully saturated rings. The zero-order valence-electron chi connectivity index (χ0n) is 8.51. The largest absolute Gasteiger partial charge is 0.312 e. The highest BCUT2D eigenvalue weighted by Gasteiger charge is 2.22. The monoisotopic (exact) mass is 307 g/mol. The van der Waals surface area contributed by atoms with Gasteiger partial charge in [0.15, 0.2) is 0 Å². The molecule has 1 N–H and O–H groups in total. The molecule has 0 amide bonds. The van der Waals surface area contributed by atoms with Crippen molar-refractivity contribution in [3.8, 4) is 0 Å². The van der Waals surface area contributed by atoms with Gasteiger partial charge in [-0.1, -0.05) is 0 Å². The Morgan fingerprint density at radius 3 is 3.00 bits per heavy atom. The molecule has 1 aliphatic carbocycles. The molecule has 0 bridgehead atoms. The van der Waals surface area contributed by atoms with Gasteiger partial charge in [0.2, 0.25) is 0 Å². The van der Waals surface area contributed by atoms with Crippen LogP contribution >= 0.6 is 38.9 Å². The van der Waals surface area contributed by atoms with Crippen molar-refractivity contribution in [2.75, 3.05) is 6.54 Å². The molecule has 2 atom stereocenters. The molecule has 2 unspecified atom stereocenters. The summed E-state index contributed by atoms with van der Waals surface area (Å²) in [5, 5.41) is 6.06. The molecule has 1 aromatic heterocycles. The van der Waals surface area contributed by atoms with E-state index in [1.165, 1.54) is 28.6 Å². The first kappa shape index (κ1) is 11.9. The maximum atomic E-state index is 6.07. The Labute approximate surface area is 108 Å². The summed E-state index contributed by atoms with van der Waals surface area (Å²) in [6.07, 6.45) is 3.66. The second-order valence-corrected chi connectivity index (χ2v) is 6.67. The summed E-state index contributed by atoms with van der Waals surface area (Å²) in [5.74, 6) is 0.788. The molecule has 1 nitrogen and oxygen atoms in total. The lowest BCUT2D eigenvalue weighted by atomic mass is 10.1. The van der Waals surface area contributed by atoms with Gasteiger partial charge < -0.3 is 5.32 Å². The Bertz CT molecular complexity index is 315. The molecule has 2 rings (SSSR count). The van der Waals surface area contributed by atoms with Crippen LogP contribution in [-0.4, -0.2) is 11.9 Å². The number of thiophene rings is 1. The van der Waals surface area contributed by atoms with Gasteiger partial charge in [0.25, 0.3) is 0 Å². The summed E-state index contributed by atoms with van der Waals surface area (Å²) >= 11 is 11.3. The Morgan fingerprint density at radius 2 is 2.40 bits per heavy atom. The van der Waals surface area contributed by atoms with E-state index in [4.69, 9.17) is 11.6 Å². The standard InChI is InChI=1S/C11H15BrClNS/c12-9-4-11(15-7-9)6-14-5-8-1-2-10(13)3-8/h4,7-8,10,14H,1-3,5-6H2. The molecule has 1 heterocycles. The summed E-state index contributed by atoms with van der Waals surface area (Å²) in [6, 6.07) is 2.18. The van der Waals surface area contributed by atoms with Gasteiger partial charge in [0.05, 0.1) is 0 Å². The molecule has 0 aromatic carbocycles. The van der Waals surface area contributed by atoms with Crippen LogP contribution in [0.15, 0.2) is 15.9 Å².